The molecule has 2 aliphatic rings. The molecule has 1 atom stereocenters. The van der Waals surface area contributed by atoms with Gasteiger partial charge in [-0.2, -0.15) is 5.26 Å². The maximum atomic E-state index is 12.5. The van der Waals surface area contributed by atoms with Crippen molar-refractivity contribution in [3.8, 4) is 6.07 Å². The van der Waals surface area contributed by atoms with Crippen LogP contribution in [-0.2, 0) is 14.6 Å². The summed E-state index contributed by atoms with van der Waals surface area (Å²) in [5, 5.41) is 8.80. The molecule has 132 valence electrons. The number of hydrogen-bond acceptors (Lipinski definition) is 5. The molecular weight excluding hydrogens is 342 g/mol. The summed E-state index contributed by atoms with van der Waals surface area (Å²) < 4.78 is 23.1. The third-order valence-corrected chi connectivity index (χ3v) is 6.49. The predicted molar refractivity (Wildman–Crippen MR) is 90.4 cm³/mol. The summed E-state index contributed by atoms with van der Waals surface area (Å²) in [7, 11) is -3.08. The van der Waals surface area contributed by atoms with Gasteiger partial charge in [-0.1, -0.05) is 0 Å². The fraction of sp³-hybridized carbons (Fsp3) is 0.471. The number of amides is 2. The van der Waals surface area contributed by atoms with Gasteiger partial charge < -0.3 is 9.80 Å². The molecule has 2 fully saturated rings. The summed E-state index contributed by atoms with van der Waals surface area (Å²) in [5.74, 6) is -0.658. The van der Waals surface area contributed by atoms with Gasteiger partial charge >= 0.3 is 0 Å². The van der Waals surface area contributed by atoms with E-state index in [1.807, 2.05) is 6.07 Å². The highest BCUT2D eigenvalue weighted by molar-refractivity contribution is 7.91. The van der Waals surface area contributed by atoms with Gasteiger partial charge in [-0.3, -0.25) is 9.59 Å². The first-order valence-corrected chi connectivity index (χ1v) is 10.0. The fourth-order valence-electron chi connectivity index (χ4n) is 3.25. The quantitative estimate of drug-likeness (QED) is 0.753. The summed E-state index contributed by atoms with van der Waals surface area (Å²) in [6.07, 6.45) is 0.394. The van der Waals surface area contributed by atoms with Crippen molar-refractivity contribution in [1.82, 2.24) is 9.80 Å². The Bertz CT molecular complexity index is 818. The van der Waals surface area contributed by atoms with E-state index >= 15 is 0 Å². The molecule has 25 heavy (non-hydrogen) atoms. The highest BCUT2D eigenvalue weighted by Crippen LogP contribution is 2.21. The zero-order valence-corrected chi connectivity index (χ0v) is 14.5. The van der Waals surface area contributed by atoms with Crippen molar-refractivity contribution in [3.05, 3.63) is 35.4 Å². The standard InChI is InChI=1S/C17H19N3O4S/c18-11-13-1-3-14(4-2-13)16(21)19-6-8-20(9-7-19)17(22)15-5-10-25(23,24)12-15/h1-4,15H,5-10,12H2. The average Bonchev–Trinajstić information content (AvgIpc) is 3.00. The summed E-state index contributed by atoms with van der Waals surface area (Å²) in [6, 6.07) is 8.47. The first kappa shape index (κ1) is 17.4. The van der Waals surface area contributed by atoms with E-state index in [0.29, 0.717) is 43.7 Å². The second kappa shape index (κ2) is 6.84. The van der Waals surface area contributed by atoms with Crippen LogP contribution in [0, 0.1) is 17.2 Å². The molecule has 1 unspecified atom stereocenters. The highest BCUT2D eigenvalue weighted by Gasteiger charge is 2.36. The van der Waals surface area contributed by atoms with Gasteiger partial charge in [-0.25, -0.2) is 8.42 Å². The lowest BCUT2D eigenvalue weighted by atomic mass is 10.1. The van der Waals surface area contributed by atoms with E-state index in [0.717, 1.165) is 0 Å². The van der Waals surface area contributed by atoms with Crippen LogP contribution in [0.1, 0.15) is 22.3 Å². The Morgan fingerprint density at radius 2 is 1.64 bits per heavy atom. The maximum absolute atomic E-state index is 12.5. The van der Waals surface area contributed by atoms with Crippen LogP contribution in [0.3, 0.4) is 0 Å². The average molecular weight is 361 g/mol. The van der Waals surface area contributed by atoms with Crippen molar-refractivity contribution in [2.75, 3.05) is 37.7 Å². The van der Waals surface area contributed by atoms with Crippen LogP contribution in [0.5, 0.6) is 0 Å². The van der Waals surface area contributed by atoms with E-state index in [2.05, 4.69) is 0 Å². The third kappa shape index (κ3) is 3.82. The number of sulfone groups is 1. The van der Waals surface area contributed by atoms with Crippen LogP contribution < -0.4 is 0 Å². The molecule has 2 aliphatic heterocycles. The van der Waals surface area contributed by atoms with E-state index < -0.39 is 15.8 Å². The number of carbonyl (C=O) groups excluding carboxylic acids is 2. The Morgan fingerprint density at radius 3 is 2.16 bits per heavy atom. The lowest BCUT2D eigenvalue weighted by Crippen LogP contribution is -2.52. The van der Waals surface area contributed by atoms with Crippen molar-refractivity contribution in [2.45, 2.75) is 6.42 Å². The fourth-order valence-corrected chi connectivity index (χ4v) is 4.98. The van der Waals surface area contributed by atoms with E-state index in [4.69, 9.17) is 5.26 Å². The smallest absolute Gasteiger partial charge is 0.253 e. The lowest BCUT2D eigenvalue weighted by Gasteiger charge is -2.35. The molecule has 8 heteroatoms. The first-order valence-electron chi connectivity index (χ1n) is 8.18. The Labute approximate surface area is 146 Å². The molecule has 0 spiro atoms. The Morgan fingerprint density at radius 1 is 1.04 bits per heavy atom. The number of nitriles is 1. The van der Waals surface area contributed by atoms with Crippen LogP contribution in [0.2, 0.25) is 0 Å². The zero-order chi connectivity index (χ0) is 18.0. The van der Waals surface area contributed by atoms with Gasteiger partial charge in [0.25, 0.3) is 5.91 Å². The van der Waals surface area contributed by atoms with Crippen LogP contribution in [0.15, 0.2) is 24.3 Å². The molecule has 1 aromatic carbocycles. The number of piperazine rings is 1. The second-order valence-corrected chi connectivity index (χ2v) is 8.64. The van der Waals surface area contributed by atoms with E-state index in [1.54, 1.807) is 34.1 Å². The Hall–Kier alpha value is -2.40. The van der Waals surface area contributed by atoms with E-state index in [1.165, 1.54) is 0 Å². The third-order valence-electron chi connectivity index (χ3n) is 4.72. The largest absolute Gasteiger partial charge is 0.339 e. The topological polar surface area (TPSA) is 98.5 Å². The monoisotopic (exact) mass is 361 g/mol. The molecule has 2 amide bonds. The van der Waals surface area contributed by atoms with Gasteiger partial charge in [0.2, 0.25) is 5.91 Å². The van der Waals surface area contributed by atoms with E-state index in [-0.39, 0.29) is 23.3 Å². The molecule has 0 bridgehead atoms. The van der Waals surface area contributed by atoms with Gasteiger partial charge in [0.15, 0.2) is 9.84 Å². The zero-order valence-electron chi connectivity index (χ0n) is 13.7. The highest BCUT2D eigenvalue weighted by atomic mass is 32.2. The van der Waals surface area contributed by atoms with E-state index in [9.17, 15) is 18.0 Å². The van der Waals surface area contributed by atoms with Crippen molar-refractivity contribution >= 4 is 21.7 Å². The van der Waals surface area contributed by atoms with Crippen molar-refractivity contribution in [3.63, 3.8) is 0 Å². The normalized spacial score (nSPS) is 22.4. The Kier molecular flexibility index (Phi) is 4.77. The van der Waals surface area contributed by atoms with Gasteiger partial charge in [0.1, 0.15) is 0 Å². The van der Waals surface area contributed by atoms with Crippen LogP contribution in [-0.4, -0.2) is 67.7 Å². The first-order chi connectivity index (χ1) is 11.9. The number of benzene rings is 1. The molecule has 7 nitrogen and oxygen atoms in total. The van der Waals surface area contributed by atoms with Crippen molar-refractivity contribution < 1.29 is 18.0 Å². The van der Waals surface area contributed by atoms with Crippen molar-refractivity contribution in [2.24, 2.45) is 5.92 Å². The summed E-state index contributed by atoms with van der Waals surface area (Å²) in [4.78, 5) is 28.2. The second-order valence-electron chi connectivity index (χ2n) is 6.41. The predicted octanol–water partition coefficient (Wildman–Crippen LogP) is 0.277. The molecule has 0 radical (unpaired) electrons. The number of hydrogen-bond donors (Lipinski definition) is 0. The molecule has 0 aromatic heterocycles. The maximum Gasteiger partial charge on any atom is 0.253 e. The Balaban J connectivity index is 1.57. The molecule has 0 N–H and O–H groups in total. The number of rotatable bonds is 2. The van der Waals surface area contributed by atoms with Crippen LogP contribution in [0.25, 0.3) is 0 Å². The molecule has 2 saturated heterocycles. The molecular formula is C17H19N3O4S. The van der Waals surface area contributed by atoms with Crippen LogP contribution >= 0.6 is 0 Å². The molecule has 3 rings (SSSR count). The van der Waals surface area contributed by atoms with Gasteiger partial charge in [-0.15, -0.1) is 0 Å². The lowest BCUT2D eigenvalue weighted by molar-refractivity contribution is -0.136. The van der Waals surface area contributed by atoms with Crippen LogP contribution in [0.4, 0.5) is 0 Å². The summed E-state index contributed by atoms with van der Waals surface area (Å²) >= 11 is 0. The van der Waals surface area contributed by atoms with Crippen molar-refractivity contribution in [1.29, 1.82) is 5.26 Å². The molecule has 0 aliphatic carbocycles. The summed E-state index contributed by atoms with van der Waals surface area (Å²) in [6.45, 7) is 1.67. The molecule has 2 heterocycles. The number of carbonyl (C=O) groups is 2. The molecule has 1 aromatic rings. The molecule has 0 saturated carbocycles. The minimum absolute atomic E-state index is 0.0593. The summed E-state index contributed by atoms with van der Waals surface area (Å²) in [5.41, 5.74) is 1.01. The van der Waals surface area contributed by atoms with Gasteiger partial charge in [0.05, 0.1) is 29.1 Å². The number of nitrogens with zero attached hydrogens (tertiary/aromatic N) is 3. The SMILES string of the molecule is N#Cc1ccc(C(=O)N2CCN(C(=O)C3CCS(=O)(=O)C3)CC2)cc1. The minimum atomic E-state index is -3.08. The van der Waals surface area contributed by atoms with Gasteiger partial charge in [0, 0.05) is 31.7 Å². The minimum Gasteiger partial charge on any atom is -0.339 e. The van der Waals surface area contributed by atoms with Gasteiger partial charge in [-0.05, 0) is 30.7 Å².